The van der Waals surface area contributed by atoms with E-state index in [-0.39, 0.29) is 42.7 Å². The summed E-state index contributed by atoms with van der Waals surface area (Å²) in [6, 6.07) is 66.4. The molecule has 10 rings (SSSR count). The first-order chi connectivity index (χ1) is 34.6. The summed E-state index contributed by atoms with van der Waals surface area (Å²) in [7, 11) is 0. The van der Waals surface area contributed by atoms with Crippen LogP contribution in [0.2, 0.25) is 0 Å². The third kappa shape index (κ3) is 10.1. The fourth-order valence-corrected chi connectivity index (χ4v) is 10.0. The van der Waals surface area contributed by atoms with E-state index in [1.54, 1.807) is 0 Å². The second-order valence-electron chi connectivity index (χ2n) is 24.0. The third-order valence-electron chi connectivity index (χ3n) is 14.9. The maximum absolute atomic E-state index is 7.08. The van der Waals surface area contributed by atoms with Gasteiger partial charge in [0.1, 0.15) is 5.82 Å². The number of hydrogen-bond acceptors (Lipinski definition) is 2. The minimum absolute atomic E-state index is 0. The van der Waals surface area contributed by atoms with Crippen molar-refractivity contribution in [2.75, 3.05) is 0 Å². The van der Waals surface area contributed by atoms with Gasteiger partial charge in [0.15, 0.2) is 0 Å². The van der Waals surface area contributed by atoms with Crippen LogP contribution in [0.3, 0.4) is 0 Å². The average molecular weight is 1150 g/mol. The van der Waals surface area contributed by atoms with E-state index < -0.39 is 5.41 Å². The molecule has 0 N–H and O–H groups in total. The van der Waals surface area contributed by atoms with Crippen LogP contribution in [0.5, 0.6) is 11.5 Å². The summed E-state index contributed by atoms with van der Waals surface area (Å²) in [5.74, 6) is 2.01. The summed E-state index contributed by atoms with van der Waals surface area (Å²) >= 11 is 0. The van der Waals surface area contributed by atoms with E-state index in [2.05, 4.69) is 286 Å². The van der Waals surface area contributed by atoms with Crippen molar-refractivity contribution in [3.63, 3.8) is 0 Å². The summed E-state index contributed by atoms with van der Waals surface area (Å²) in [5, 5.41) is 2.21. The molecule has 378 valence electrons. The van der Waals surface area contributed by atoms with Gasteiger partial charge in [0.2, 0.25) is 0 Å². The summed E-state index contributed by atoms with van der Waals surface area (Å²) in [5.41, 5.74) is 13.5. The van der Waals surface area contributed by atoms with Gasteiger partial charge in [-0.3, -0.25) is 4.57 Å². The van der Waals surface area contributed by atoms with Gasteiger partial charge in [0.25, 0.3) is 6.33 Å². The standard InChI is InChI=1S/C68H68N4O.Pt/c1-64(2,3)50-33-34-69-63(41-50)72-60-32-29-51(67(10,11)48-25-19-15-20-26-48)40-59(60)58-31-30-56(43-61(58)72)73-57-39-53(68(12,13)49-27-21-16-22-28-49)38-55(42-57)71-45-70(44-62(71)66(7,8)9)54-36-47(46-23-17-14-18-24-46)35-52(37-54)65(4,5)6;/h14-41,44H,1-13H3;/q-2;. The van der Waals surface area contributed by atoms with Crippen molar-refractivity contribution in [2.45, 2.75) is 117 Å². The fraction of sp³-hybridized carbons (Fsp3) is 0.265. The molecule has 0 unspecified atom stereocenters. The first-order valence-electron chi connectivity index (χ1n) is 25.7. The summed E-state index contributed by atoms with van der Waals surface area (Å²) in [6.45, 7) is 29.5. The van der Waals surface area contributed by atoms with Crippen LogP contribution in [0.15, 0.2) is 176 Å². The molecule has 0 aliphatic heterocycles. The van der Waals surface area contributed by atoms with Gasteiger partial charge >= 0.3 is 0 Å². The summed E-state index contributed by atoms with van der Waals surface area (Å²) < 4.78 is 13.7. The Morgan fingerprint density at radius 3 is 1.72 bits per heavy atom. The molecular weight excluding hydrogens is 1080 g/mol. The minimum atomic E-state index is -0.394. The van der Waals surface area contributed by atoms with Crippen LogP contribution in [0.4, 0.5) is 0 Å². The Morgan fingerprint density at radius 1 is 0.473 bits per heavy atom. The number of pyridine rings is 1. The van der Waals surface area contributed by atoms with Gasteiger partial charge in [-0.1, -0.05) is 205 Å². The average Bonchev–Trinajstić information content (AvgIpc) is 3.97. The molecule has 0 amide bonds. The number of rotatable bonds is 10. The molecule has 0 fully saturated rings. The van der Waals surface area contributed by atoms with E-state index >= 15 is 0 Å². The van der Waals surface area contributed by atoms with Crippen molar-refractivity contribution in [2.24, 2.45) is 0 Å². The molecule has 0 aliphatic rings. The largest absolute Gasteiger partial charge is 0.510 e. The minimum Gasteiger partial charge on any atom is -0.510 e. The molecule has 0 atom stereocenters. The molecule has 6 heteroatoms. The van der Waals surface area contributed by atoms with Crippen molar-refractivity contribution in [1.29, 1.82) is 0 Å². The zero-order valence-corrected chi connectivity index (χ0v) is 47.5. The number of fused-ring (bicyclic) bond motifs is 3. The van der Waals surface area contributed by atoms with Crippen molar-refractivity contribution in [3.05, 3.63) is 234 Å². The SMILES string of the molecule is CC(C)(C)c1cc(-c2ccccc2)cc(-[n+]2[c-]n(-c3[c-]c(Oc4[c-]c5c(cc4)c4cc(C(C)(C)c6ccccc6)ccc4n5-c4cc(C(C)(C)C)ccn4)cc(C(C)(C)c4ccccc4)c3)c(C(C)(C)C)c2)c1.[Pt]. The van der Waals surface area contributed by atoms with Crippen LogP contribution in [0, 0.1) is 18.5 Å². The Kier molecular flexibility index (Phi) is 13.7. The van der Waals surface area contributed by atoms with Gasteiger partial charge in [-0.2, -0.15) is 12.1 Å². The normalized spacial score (nSPS) is 12.6. The number of hydrogen-bond donors (Lipinski definition) is 0. The van der Waals surface area contributed by atoms with Crippen LogP contribution in [-0.2, 0) is 48.1 Å². The van der Waals surface area contributed by atoms with Gasteiger partial charge in [0, 0.05) is 55.9 Å². The molecule has 0 spiro atoms. The monoisotopic (exact) mass is 1150 g/mol. The van der Waals surface area contributed by atoms with Crippen LogP contribution < -0.4 is 9.30 Å². The maximum Gasteiger partial charge on any atom is 0.267 e. The second kappa shape index (κ2) is 19.5. The van der Waals surface area contributed by atoms with Gasteiger partial charge in [-0.05, 0) is 102 Å². The predicted octanol–water partition coefficient (Wildman–Crippen LogP) is 16.6. The molecule has 74 heavy (non-hydrogen) atoms. The first kappa shape index (κ1) is 52.1. The summed E-state index contributed by atoms with van der Waals surface area (Å²) in [6.07, 6.45) is 7.98. The molecule has 7 aromatic carbocycles. The quantitative estimate of drug-likeness (QED) is 0.101. The molecule has 0 aliphatic carbocycles. The van der Waals surface area contributed by atoms with E-state index in [4.69, 9.17) is 9.72 Å². The zero-order chi connectivity index (χ0) is 51.7. The van der Waals surface area contributed by atoms with Crippen molar-refractivity contribution < 1.29 is 30.4 Å². The molecule has 5 nitrogen and oxygen atoms in total. The third-order valence-corrected chi connectivity index (χ3v) is 14.9. The number of ether oxygens (including phenoxy) is 1. The molecule has 0 bridgehead atoms. The molecule has 0 saturated heterocycles. The maximum atomic E-state index is 7.08. The van der Waals surface area contributed by atoms with Crippen LogP contribution in [0.1, 0.15) is 129 Å². The molecule has 10 aromatic rings. The number of imidazole rings is 1. The van der Waals surface area contributed by atoms with E-state index in [0.717, 1.165) is 50.3 Å². The Balaban J connectivity index is 0.00000672. The van der Waals surface area contributed by atoms with Crippen molar-refractivity contribution in [3.8, 4) is 39.8 Å². The topological polar surface area (TPSA) is 35.9 Å². The van der Waals surface area contributed by atoms with Crippen molar-refractivity contribution >= 4 is 21.8 Å². The molecular formula is C68H68N4OPt-2. The van der Waals surface area contributed by atoms with Crippen molar-refractivity contribution in [1.82, 2.24) is 14.1 Å². The number of nitrogens with zero attached hydrogens (tertiary/aromatic N) is 4. The van der Waals surface area contributed by atoms with Crippen LogP contribution in [-0.4, -0.2) is 14.1 Å². The Labute approximate surface area is 454 Å². The molecule has 0 radical (unpaired) electrons. The molecule has 0 saturated carbocycles. The Morgan fingerprint density at radius 2 is 1.09 bits per heavy atom. The molecule has 3 aromatic heterocycles. The van der Waals surface area contributed by atoms with Gasteiger partial charge in [-0.15, -0.1) is 35.2 Å². The fourth-order valence-electron chi connectivity index (χ4n) is 10.0. The summed E-state index contributed by atoms with van der Waals surface area (Å²) in [4.78, 5) is 5.02. The second-order valence-corrected chi connectivity index (χ2v) is 24.0. The zero-order valence-electron chi connectivity index (χ0n) is 45.3. The van der Waals surface area contributed by atoms with Crippen LogP contribution >= 0.6 is 0 Å². The first-order valence-corrected chi connectivity index (χ1v) is 25.7. The Hall–Kier alpha value is -6.81. The number of benzene rings is 7. The number of aromatic nitrogens is 4. The smallest absolute Gasteiger partial charge is 0.267 e. The Bertz CT molecular complexity index is 3640. The van der Waals surface area contributed by atoms with E-state index in [1.165, 1.54) is 38.9 Å². The predicted molar refractivity (Wildman–Crippen MR) is 301 cm³/mol. The van der Waals surface area contributed by atoms with E-state index in [1.807, 2.05) is 12.3 Å². The van der Waals surface area contributed by atoms with E-state index in [0.29, 0.717) is 11.5 Å². The van der Waals surface area contributed by atoms with Crippen LogP contribution in [0.25, 0.3) is 50.1 Å². The van der Waals surface area contributed by atoms with E-state index in [9.17, 15) is 0 Å². The van der Waals surface area contributed by atoms with Gasteiger partial charge < -0.3 is 13.9 Å². The van der Waals surface area contributed by atoms with Gasteiger partial charge in [-0.25, -0.2) is 4.98 Å². The molecule has 3 heterocycles. The van der Waals surface area contributed by atoms with Gasteiger partial charge in [0.05, 0.1) is 11.4 Å².